The summed E-state index contributed by atoms with van der Waals surface area (Å²) in [5.41, 5.74) is 2.21. The predicted octanol–water partition coefficient (Wildman–Crippen LogP) is 2.68. The summed E-state index contributed by atoms with van der Waals surface area (Å²) in [5.74, 6) is 1.73. The lowest BCUT2D eigenvalue weighted by Gasteiger charge is -2.15. The van der Waals surface area contributed by atoms with Crippen molar-refractivity contribution in [2.45, 2.75) is 19.3 Å². The SMILES string of the molecule is COc1ccc(OC)c(C2=NCCCC2)c1. The summed E-state index contributed by atoms with van der Waals surface area (Å²) in [7, 11) is 3.36. The maximum atomic E-state index is 5.36. The number of nitrogens with zero attached hydrogens (tertiary/aromatic N) is 1. The van der Waals surface area contributed by atoms with Crippen LogP contribution in [-0.4, -0.2) is 26.5 Å². The summed E-state index contributed by atoms with van der Waals surface area (Å²) in [6, 6.07) is 5.85. The van der Waals surface area contributed by atoms with Gasteiger partial charge in [0.2, 0.25) is 0 Å². The second-order valence-electron chi connectivity index (χ2n) is 3.85. The molecule has 0 bridgehead atoms. The Hall–Kier alpha value is -1.51. The number of aliphatic imine (C=N–C) groups is 1. The van der Waals surface area contributed by atoms with Gasteiger partial charge in [-0.3, -0.25) is 4.99 Å². The highest BCUT2D eigenvalue weighted by atomic mass is 16.5. The molecule has 0 unspecified atom stereocenters. The summed E-state index contributed by atoms with van der Waals surface area (Å²) in [6.07, 6.45) is 3.43. The molecule has 1 heterocycles. The molecule has 16 heavy (non-hydrogen) atoms. The fourth-order valence-corrected chi connectivity index (χ4v) is 1.96. The molecule has 0 aromatic heterocycles. The molecule has 0 saturated heterocycles. The van der Waals surface area contributed by atoms with Crippen molar-refractivity contribution in [2.24, 2.45) is 4.99 Å². The molecule has 0 fully saturated rings. The zero-order valence-corrected chi connectivity index (χ0v) is 9.82. The first-order chi connectivity index (χ1) is 7.85. The first kappa shape index (κ1) is 11.0. The Morgan fingerprint density at radius 3 is 2.62 bits per heavy atom. The lowest BCUT2D eigenvalue weighted by molar-refractivity contribution is 0.402. The van der Waals surface area contributed by atoms with Crippen LogP contribution in [0.25, 0.3) is 0 Å². The van der Waals surface area contributed by atoms with Gasteiger partial charge in [0.25, 0.3) is 0 Å². The predicted molar refractivity (Wildman–Crippen MR) is 64.8 cm³/mol. The van der Waals surface area contributed by atoms with Gasteiger partial charge in [-0.15, -0.1) is 0 Å². The average molecular weight is 219 g/mol. The van der Waals surface area contributed by atoms with E-state index < -0.39 is 0 Å². The molecule has 1 aromatic carbocycles. The zero-order chi connectivity index (χ0) is 11.4. The Kier molecular flexibility index (Phi) is 3.44. The summed E-state index contributed by atoms with van der Waals surface area (Å²) >= 11 is 0. The van der Waals surface area contributed by atoms with Gasteiger partial charge in [-0.2, -0.15) is 0 Å². The van der Waals surface area contributed by atoms with E-state index in [-0.39, 0.29) is 0 Å². The molecule has 3 nitrogen and oxygen atoms in total. The second-order valence-corrected chi connectivity index (χ2v) is 3.85. The van der Waals surface area contributed by atoms with E-state index in [0.29, 0.717) is 0 Å². The normalized spacial score (nSPS) is 15.5. The molecule has 1 aromatic rings. The molecule has 0 radical (unpaired) electrons. The Bertz CT molecular complexity index is 399. The van der Waals surface area contributed by atoms with Gasteiger partial charge in [0, 0.05) is 17.8 Å². The third-order valence-electron chi connectivity index (χ3n) is 2.84. The van der Waals surface area contributed by atoms with Crippen LogP contribution in [0, 0.1) is 0 Å². The van der Waals surface area contributed by atoms with Crippen molar-refractivity contribution in [3.8, 4) is 11.5 Å². The average Bonchev–Trinajstić information content (AvgIpc) is 2.39. The van der Waals surface area contributed by atoms with Gasteiger partial charge < -0.3 is 9.47 Å². The van der Waals surface area contributed by atoms with E-state index in [4.69, 9.17) is 9.47 Å². The number of benzene rings is 1. The summed E-state index contributed by atoms with van der Waals surface area (Å²) in [4.78, 5) is 4.56. The Balaban J connectivity index is 2.39. The van der Waals surface area contributed by atoms with E-state index in [1.807, 2.05) is 18.2 Å². The monoisotopic (exact) mass is 219 g/mol. The van der Waals surface area contributed by atoms with Gasteiger partial charge in [0.1, 0.15) is 11.5 Å². The Labute approximate surface area is 96.1 Å². The van der Waals surface area contributed by atoms with Crippen molar-refractivity contribution in [1.29, 1.82) is 0 Å². The van der Waals surface area contributed by atoms with Crippen molar-refractivity contribution in [1.82, 2.24) is 0 Å². The van der Waals surface area contributed by atoms with Crippen molar-refractivity contribution in [3.63, 3.8) is 0 Å². The molecule has 0 amide bonds. The van der Waals surface area contributed by atoms with Crippen LogP contribution in [0.4, 0.5) is 0 Å². The molecule has 2 rings (SSSR count). The summed E-state index contributed by atoms with van der Waals surface area (Å²) in [5, 5.41) is 0. The van der Waals surface area contributed by atoms with Crippen molar-refractivity contribution in [3.05, 3.63) is 23.8 Å². The quantitative estimate of drug-likeness (QED) is 0.782. The standard InChI is InChI=1S/C13H17NO2/c1-15-10-6-7-13(16-2)11(9-10)12-5-3-4-8-14-12/h6-7,9H,3-5,8H2,1-2H3. The fraction of sp³-hybridized carbons (Fsp3) is 0.462. The van der Waals surface area contributed by atoms with Crippen LogP contribution in [0.5, 0.6) is 11.5 Å². The second kappa shape index (κ2) is 5.01. The van der Waals surface area contributed by atoms with Crippen LogP contribution in [0.2, 0.25) is 0 Å². The maximum Gasteiger partial charge on any atom is 0.128 e. The first-order valence-corrected chi connectivity index (χ1v) is 5.61. The highest BCUT2D eigenvalue weighted by Gasteiger charge is 2.13. The van der Waals surface area contributed by atoms with Gasteiger partial charge in [0.05, 0.1) is 14.2 Å². The first-order valence-electron chi connectivity index (χ1n) is 5.61. The van der Waals surface area contributed by atoms with Crippen molar-refractivity contribution >= 4 is 5.71 Å². The number of hydrogen-bond donors (Lipinski definition) is 0. The molecule has 3 heteroatoms. The molecular formula is C13H17NO2. The molecule has 1 aliphatic heterocycles. The minimum absolute atomic E-state index is 0.851. The lowest BCUT2D eigenvalue weighted by Crippen LogP contribution is -2.09. The van der Waals surface area contributed by atoms with Crippen LogP contribution in [-0.2, 0) is 0 Å². The van der Waals surface area contributed by atoms with E-state index in [1.54, 1.807) is 14.2 Å². The lowest BCUT2D eigenvalue weighted by atomic mass is 10.0. The van der Waals surface area contributed by atoms with E-state index in [2.05, 4.69) is 4.99 Å². The number of rotatable bonds is 3. The van der Waals surface area contributed by atoms with E-state index >= 15 is 0 Å². The van der Waals surface area contributed by atoms with Gasteiger partial charge in [0.15, 0.2) is 0 Å². The molecule has 0 atom stereocenters. The maximum absolute atomic E-state index is 5.36. The fourth-order valence-electron chi connectivity index (χ4n) is 1.96. The highest BCUT2D eigenvalue weighted by molar-refractivity contribution is 6.03. The van der Waals surface area contributed by atoms with E-state index in [1.165, 1.54) is 12.8 Å². The van der Waals surface area contributed by atoms with Gasteiger partial charge in [-0.05, 0) is 37.5 Å². The highest BCUT2D eigenvalue weighted by Crippen LogP contribution is 2.27. The molecule has 0 N–H and O–H groups in total. The van der Waals surface area contributed by atoms with Crippen LogP contribution in [0.15, 0.2) is 23.2 Å². The zero-order valence-electron chi connectivity index (χ0n) is 9.82. The van der Waals surface area contributed by atoms with E-state index in [0.717, 1.165) is 35.7 Å². The topological polar surface area (TPSA) is 30.8 Å². The van der Waals surface area contributed by atoms with E-state index in [9.17, 15) is 0 Å². The van der Waals surface area contributed by atoms with Gasteiger partial charge >= 0.3 is 0 Å². The molecule has 0 aliphatic carbocycles. The molecule has 86 valence electrons. The number of methoxy groups -OCH3 is 2. The Morgan fingerprint density at radius 2 is 2.00 bits per heavy atom. The summed E-state index contributed by atoms with van der Waals surface area (Å²) < 4.78 is 10.6. The third kappa shape index (κ3) is 2.18. The largest absolute Gasteiger partial charge is 0.497 e. The van der Waals surface area contributed by atoms with Crippen LogP contribution >= 0.6 is 0 Å². The number of hydrogen-bond acceptors (Lipinski definition) is 3. The minimum Gasteiger partial charge on any atom is -0.497 e. The molecule has 0 saturated carbocycles. The minimum atomic E-state index is 0.851. The number of ether oxygens (including phenoxy) is 2. The molecular weight excluding hydrogens is 202 g/mol. The summed E-state index contributed by atoms with van der Waals surface area (Å²) in [6.45, 7) is 0.926. The van der Waals surface area contributed by atoms with Gasteiger partial charge in [-0.25, -0.2) is 0 Å². The molecule has 1 aliphatic rings. The van der Waals surface area contributed by atoms with Crippen molar-refractivity contribution in [2.75, 3.05) is 20.8 Å². The smallest absolute Gasteiger partial charge is 0.128 e. The third-order valence-corrected chi connectivity index (χ3v) is 2.84. The van der Waals surface area contributed by atoms with Crippen LogP contribution in [0.3, 0.4) is 0 Å². The van der Waals surface area contributed by atoms with Crippen LogP contribution < -0.4 is 9.47 Å². The van der Waals surface area contributed by atoms with Crippen LogP contribution in [0.1, 0.15) is 24.8 Å². The molecule has 0 spiro atoms. The van der Waals surface area contributed by atoms with Crippen molar-refractivity contribution < 1.29 is 9.47 Å². The van der Waals surface area contributed by atoms with Gasteiger partial charge in [-0.1, -0.05) is 0 Å². The Morgan fingerprint density at radius 1 is 1.12 bits per heavy atom.